The second-order valence-electron chi connectivity index (χ2n) is 9.10. The number of para-hydroxylation sites is 1. The molecule has 0 bridgehead atoms. The molecule has 5 rings (SSSR count). The summed E-state index contributed by atoms with van der Waals surface area (Å²) in [6, 6.07) is 15.2. The van der Waals surface area contributed by atoms with Gasteiger partial charge in [0.1, 0.15) is 22.7 Å². The summed E-state index contributed by atoms with van der Waals surface area (Å²) in [4.78, 5) is 29.2. The van der Waals surface area contributed by atoms with Crippen LogP contribution >= 0.6 is 0 Å². The van der Waals surface area contributed by atoms with Gasteiger partial charge in [0.25, 0.3) is 5.91 Å². The summed E-state index contributed by atoms with van der Waals surface area (Å²) in [6.07, 6.45) is 5.81. The van der Waals surface area contributed by atoms with Crippen LogP contribution < -0.4 is 10.1 Å². The summed E-state index contributed by atoms with van der Waals surface area (Å²) in [7, 11) is 1.61. The van der Waals surface area contributed by atoms with E-state index in [0.717, 1.165) is 36.9 Å². The molecule has 1 atom stereocenters. The highest BCUT2D eigenvalue weighted by atomic mass is 16.5. The number of nitrogens with zero attached hydrogens (tertiary/aromatic N) is 2. The maximum absolute atomic E-state index is 13.8. The lowest BCUT2D eigenvalue weighted by Crippen LogP contribution is -2.64. The highest BCUT2D eigenvalue weighted by Crippen LogP contribution is 2.35. The van der Waals surface area contributed by atoms with Gasteiger partial charge in [-0.15, -0.1) is 0 Å². The summed E-state index contributed by atoms with van der Waals surface area (Å²) in [5.41, 5.74) is 1.12. The SMILES string of the molecule is COc1ccccc1CN1C(=O)c2ccc(-c3ccco3)n2CC1(C)C(=O)NC1CCCC1. The molecule has 1 aromatic carbocycles. The number of fused-ring (bicyclic) bond motifs is 1. The topological polar surface area (TPSA) is 76.7 Å². The van der Waals surface area contributed by atoms with Crippen LogP contribution in [0.1, 0.15) is 48.7 Å². The number of furan rings is 1. The Hall–Kier alpha value is -3.48. The van der Waals surface area contributed by atoms with Crippen LogP contribution in [0.25, 0.3) is 11.5 Å². The van der Waals surface area contributed by atoms with Crippen LogP contribution in [0.4, 0.5) is 0 Å². The standard InChI is InChI=1S/C26H29N3O4/c1-26(25(31)27-19-9-4-5-10-19)17-28-20(23-12-7-15-33-23)13-14-21(28)24(30)29(26)16-18-8-3-6-11-22(18)32-2/h3,6-8,11-15,19H,4-5,9-10,16-17H2,1-2H3,(H,27,31). The number of carbonyl (C=O) groups excluding carboxylic acids is 2. The van der Waals surface area contributed by atoms with E-state index in [1.807, 2.05) is 60.0 Å². The van der Waals surface area contributed by atoms with E-state index in [9.17, 15) is 9.59 Å². The van der Waals surface area contributed by atoms with Crippen LogP contribution in [0, 0.1) is 0 Å². The third-order valence-corrected chi connectivity index (χ3v) is 6.98. The van der Waals surface area contributed by atoms with Gasteiger partial charge in [-0.3, -0.25) is 9.59 Å². The normalized spacial score (nSPS) is 20.7. The van der Waals surface area contributed by atoms with Crippen LogP contribution in [0.3, 0.4) is 0 Å². The molecule has 2 aromatic heterocycles. The van der Waals surface area contributed by atoms with E-state index < -0.39 is 5.54 Å². The van der Waals surface area contributed by atoms with Crippen molar-refractivity contribution in [1.29, 1.82) is 0 Å². The van der Waals surface area contributed by atoms with Gasteiger partial charge in [-0.2, -0.15) is 0 Å². The molecule has 33 heavy (non-hydrogen) atoms. The van der Waals surface area contributed by atoms with Gasteiger partial charge in [0, 0.05) is 11.6 Å². The number of ether oxygens (including phenoxy) is 1. The molecule has 7 heteroatoms. The second-order valence-corrected chi connectivity index (χ2v) is 9.10. The lowest BCUT2D eigenvalue weighted by Gasteiger charge is -2.44. The number of rotatable bonds is 6. The predicted molar refractivity (Wildman–Crippen MR) is 124 cm³/mol. The molecule has 3 aromatic rings. The molecule has 1 aliphatic carbocycles. The Labute approximate surface area is 193 Å². The van der Waals surface area contributed by atoms with Crippen molar-refractivity contribution in [1.82, 2.24) is 14.8 Å². The fourth-order valence-corrected chi connectivity index (χ4v) is 5.08. The van der Waals surface area contributed by atoms with E-state index in [0.29, 0.717) is 23.7 Å². The molecule has 2 amide bonds. The maximum atomic E-state index is 13.8. The van der Waals surface area contributed by atoms with Crippen molar-refractivity contribution < 1.29 is 18.7 Å². The van der Waals surface area contributed by atoms with Crippen molar-refractivity contribution in [2.24, 2.45) is 0 Å². The van der Waals surface area contributed by atoms with E-state index >= 15 is 0 Å². The molecular weight excluding hydrogens is 418 g/mol. The number of nitrogens with one attached hydrogen (secondary N) is 1. The number of methoxy groups -OCH3 is 1. The minimum absolute atomic E-state index is 0.123. The number of aromatic nitrogens is 1. The highest BCUT2D eigenvalue weighted by molar-refractivity contribution is 6.00. The summed E-state index contributed by atoms with van der Waals surface area (Å²) in [5.74, 6) is 1.06. The fourth-order valence-electron chi connectivity index (χ4n) is 5.08. The number of amides is 2. The van der Waals surface area contributed by atoms with Crippen molar-refractivity contribution in [3.63, 3.8) is 0 Å². The largest absolute Gasteiger partial charge is 0.496 e. The minimum atomic E-state index is -1.08. The number of hydrogen-bond acceptors (Lipinski definition) is 4. The van der Waals surface area contributed by atoms with Crippen molar-refractivity contribution in [2.75, 3.05) is 7.11 Å². The average molecular weight is 448 g/mol. The molecule has 1 fully saturated rings. The molecule has 3 heterocycles. The van der Waals surface area contributed by atoms with Gasteiger partial charge in [-0.25, -0.2) is 0 Å². The van der Waals surface area contributed by atoms with Crippen LogP contribution in [0.15, 0.2) is 59.2 Å². The summed E-state index contributed by atoms with van der Waals surface area (Å²) in [5, 5.41) is 3.23. The smallest absolute Gasteiger partial charge is 0.271 e. The zero-order valence-corrected chi connectivity index (χ0v) is 19.0. The van der Waals surface area contributed by atoms with Crippen molar-refractivity contribution in [3.8, 4) is 17.2 Å². The molecule has 172 valence electrons. The Balaban J connectivity index is 1.56. The quantitative estimate of drug-likeness (QED) is 0.614. The first-order chi connectivity index (χ1) is 16.0. The fraction of sp³-hybridized carbons (Fsp3) is 0.385. The third kappa shape index (κ3) is 3.71. The van der Waals surface area contributed by atoms with Crippen molar-refractivity contribution in [3.05, 3.63) is 66.1 Å². The zero-order valence-electron chi connectivity index (χ0n) is 19.0. The summed E-state index contributed by atoms with van der Waals surface area (Å²) < 4.78 is 13.0. The number of benzene rings is 1. The lowest BCUT2D eigenvalue weighted by atomic mass is 9.93. The predicted octanol–water partition coefficient (Wildman–Crippen LogP) is 4.23. The van der Waals surface area contributed by atoms with E-state index in [4.69, 9.17) is 9.15 Å². The molecule has 1 aliphatic heterocycles. The number of carbonyl (C=O) groups is 2. The Morgan fingerprint density at radius 1 is 1.12 bits per heavy atom. The Morgan fingerprint density at radius 3 is 2.61 bits per heavy atom. The zero-order chi connectivity index (χ0) is 23.0. The first kappa shape index (κ1) is 21.4. The lowest BCUT2D eigenvalue weighted by molar-refractivity contribution is -0.133. The molecule has 0 radical (unpaired) electrons. The van der Waals surface area contributed by atoms with E-state index in [2.05, 4.69) is 5.32 Å². The van der Waals surface area contributed by atoms with Crippen molar-refractivity contribution in [2.45, 2.75) is 57.3 Å². The van der Waals surface area contributed by atoms with Gasteiger partial charge in [0.2, 0.25) is 5.91 Å². The highest BCUT2D eigenvalue weighted by Gasteiger charge is 2.48. The second kappa shape index (κ2) is 8.46. The molecule has 1 saturated carbocycles. The van der Waals surface area contributed by atoms with E-state index in [1.54, 1.807) is 18.3 Å². The first-order valence-electron chi connectivity index (χ1n) is 11.5. The van der Waals surface area contributed by atoms with E-state index in [1.165, 1.54) is 0 Å². The van der Waals surface area contributed by atoms with Gasteiger partial charge >= 0.3 is 0 Å². The first-order valence-corrected chi connectivity index (χ1v) is 11.5. The Kier molecular flexibility index (Phi) is 5.48. The van der Waals surface area contributed by atoms with Crippen LogP contribution in [-0.4, -0.2) is 40.0 Å². The van der Waals surface area contributed by atoms with Crippen molar-refractivity contribution >= 4 is 11.8 Å². The van der Waals surface area contributed by atoms with Gasteiger partial charge < -0.3 is 23.9 Å². The maximum Gasteiger partial charge on any atom is 0.271 e. The molecule has 7 nitrogen and oxygen atoms in total. The molecule has 2 aliphatic rings. The van der Waals surface area contributed by atoms with Gasteiger partial charge in [0.15, 0.2) is 0 Å². The van der Waals surface area contributed by atoms with E-state index in [-0.39, 0.29) is 24.4 Å². The number of hydrogen-bond donors (Lipinski definition) is 1. The van der Waals surface area contributed by atoms with Gasteiger partial charge in [-0.1, -0.05) is 31.0 Å². The van der Waals surface area contributed by atoms with Crippen LogP contribution in [0.2, 0.25) is 0 Å². The summed E-state index contributed by atoms with van der Waals surface area (Å²) >= 11 is 0. The Morgan fingerprint density at radius 2 is 1.88 bits per heavy atom. The minimum Gasteiger partial charge on any atom is -0.496 e. The molecule has 1 unspecified atom stereocenters. The van der Waals surface area contributed by atoms with Crippen LogP contribution in [0.5, 0.6) is 5.75 Å². The Bertz CT molecular complexity index is 1160. The van der Waals surface area contributed by atoms with Crippen LogP contribution in [-0.2, 0) is 17.9 Å². The molecular formula is C26H29N3O4. The van der Waals surface area contributed by atoms with Gasteiger partial charge in [-0.05, 0) is 50.1 Å². The van der Waals surface area contributed by atoms with Gasteiger partial charge in [0.05, 0.1) is 32.2 Å². The molecule has 0 spiro atoms. The average Bonchev–Trinajstić information content (AvgIpc) is 3.58. The molecule has 1 N–H and O–H groups in total. The monoisotopic (exact) mass is 447 g/mol. The molecule has 0 saturated heterocycles. The summed E-state index contributed by atoms with van der Waals surface area (Å²) in [6.45, 7) is 2.48. The third-order valence-electron chi connectivity index (χ3n) is 6.98.